The molecular formula is C10H12N2O4. The van der Waals surface area contributed by atoms with Gasteiger partial charge in [0.2, 0.25) is 5.43 Å². The molecule has 0 aromatic carbocycles. The second-order valence-electron chi connectivity index (χ2n) is 3.54. The van der Waals surface area contributed by atoms with Crippen LogP contribution in [0.5, 0.6) is 5.75 Å². The van der Waals surface area contributed by atoms with Crippen LogP contribution in [0.3, 0.4) is 0 Å². The maximum atomic E-state index is 11.8. The predicted octanol–water partition coefficient (Wildman–Crippen LogP) is -0.609. The van der Waals surface area contributed by atoms with Crippen molar-refractivity contribution in [3.63, 3.8) is 0 Å². The fraction of sp³-hybridized carbons (Fsp3) is 0.400. The summed E-state index contributed by atoms with van der Waals surface area (Å²) in [6, 6.07) is 1.01. The molecular weight excluding hydrogens is 212 g/mol. The standard InChI is InChI=1S/C10H12N2O4/c13-7-5-9(16-6-8(7)14)10(15)12-3-1-11-2-4-12/h5-6,11,14H,1-4H2. The van der Waals surface area contributed by atoms with Gasteiger partial charge in [0.25, 0.3) is 5.91 Å². The van der Waals surface area contributed by atoms with E-state index in [1.807, 2.05) is 0 Å². The Bertz CT molecular complexity index is 448. The number of amides is 1. The van der Waals surface area contributed by atoms with Gasteiger partial charge in [-0.25, -0.2) is 0 Å². The van der Waals surface area contributed by atoms with Gasteiger partial charge in [0, 0.05) is 32.2 Å². The van der Waals surface area contributed by atoms with Crippen molar-refractivity contribution in [3.05, 3.63) is 28.3 Å². The summed E-state index contributed by atoms with van der Waals surface area (Å²) in [4.78, 5) is 24.6. The molecule has 1 aliphatic rings. The number of hydrogen-bond acceptors (Lipinski definition) is 5. The molecule has 2 N–H and O–H groups in total. The molecule has 16 heavy (non-hydrogen) atoms. The number of carbonyl (C=O) groups excluding carboxylic acids is 1. The van der Waals surface area contributed by atoms with Crippen LogP contribution in [-0.4, -0.2) is 42.1 Å². The first-order valence-corrected chi connectivity index (χ1v) is 5.00. The minimum atomic E-state index is -0.607. The van der Waals surface area contributed by atoms with E-state index in [4.69, 9.17) is 9.52 Å². The first kappa shape index (κ1) is 10.7. The zero-order valence-corrected chi connectivity index (χ0v) is 8.60. The summed E-state index contributed by atoms with van der Waals surface area (Å²) in [6.45, 7) is 2.63. The van der Waals surface area contributed by atoms with Crippen molar-refractivity contribution in [2.75, 3.05) is 26.2 Å². The van der Waals surface area contributed by atoms with E-state index in [0.717, 1.165) is 25.4 Å². The highest BCUT2D eigenvalue weighted by atomic mass is 16.4. The largest absolute Gasteiger partial charge is 0.502 e. The minimum absolute atomic E-state index is 0.0373. The lowest BCUT2D eigenvalue weighted by Gasteiger charge is -2.26. The van der Waals surface area contributed by atoms with Crippen molar-refractivity contribution in [1.82, 2.24) is 10.2 Å². The van der Waals surface area contributed by atoms with Crippen molar-refractivity contribution in [3.8, 4) is 5.75 Å². The Kier molecular flexibility index (Phi) is 2.91. The first-order chi connectivity index (χ1) is 7.68. The Morgan fingerprint density at radius 2 is 2.12 bits per heavy atom. The second-order valence-corrected chi connectivity index (χ2v) is 3.54. The van der Waals surface area contributed by atoms with Gasteiger partial charge in [0.1, 0.15) is 6.26 Å². The number of aromatic hydroxyl groups is 1. The van der Waals surface area contributed by atoms with Crippen LogP contribution in [0, 0.1) is 0 Å². The molecule has 6 heteroatoms. The van der Waals surface area contributed by atoms with Crippen LogP contribution < -0.4 is 10.7 Å². The average molecular weight is 224 g/mol. The number of rotatable bonds is 1. The first-order valence-electron chi connectivity index (χ1n) is 5.00. The zero-order chi connectivity index (χ0) is 11.5. The highest BCUT2D eigenvalue weighted by Gasteiger charge is 2.20. The second kappa shape index (κ2) is 4.36. The maximum absolute atomic E-state index is 11.8. The van der Waals surface area contributed by atoms with Crippen LogP contribution in [0.25, 0.3) is 0 Å². The fourth-order valence-corrected chi connectivity index (χ4v) is 1.54. The Hall–Kier alpha value is -1.82. The zero-order valence-electron chi connectivity index (χ0n) is 8.60. The number of piperazine rings is 1. The van der Waals surface area contributed by atoms with E-state index in [2.05, 4.69) is 5.32 Å². The van der Waals surface area contributed by atoms with Gasteiger partial charge in [-0.2, -0.15) is 0 Å². The van der Waals surface area contributed by atoms with E-state index < -0.39 is 11.2 Å². The monoisotopic (exact) mass is 224 g/mol. The van der Waals surface area contributed by atoms with Gasteiger partial charge in [-0.1, -0.05) is 0 Å². The summed E-state index contributed by atoms with van der Waals surface area (Å²) in [6.07, 6.45) is 0.887. The molecule has 1 aromatic heterocycles. The smallest absolute Gasteiger partial charge is 0.289 e. The van der Waals surface area contributed by atoms with Crippen LogP contribution in [0.2, 0.25) is 0 Å². The number of carbonyl (C=O) groups is 1. The van der Waals surface area contributed by atoms with Crippen molar-refractivity contribution >= 4 is 5.91 Å². The lowest BCUT2D eigenvalue weighted by atomic mass is 10.3. The van der Waals surface area contributed by atoms with E-state index in [1.54, 1.807) is 4.90 Å². The normalized spacial score (nSPS) is 16.1. The minimum Gasteiger partial charge on any atom is -0.502 e. The van der Waals surface area contributed by atoms with Gasteiger partial charge in [-0.05, 0) is 0 Å². The summed E-state index contributed by atoms with van der Waals surface area (Å²) >= 11 is 0. The highest BCUT2D eigenvalue weighted by molar-refractivity contribution is 5.91. The van der Waals surface area contributed by atoms with E-state index in [9.17, 15) is 9.59 Å². The molecule has 2 rings (SSSR count). The lowest BCUT2D eigenvalue weighted by molar-refractivity contribution is 0.0700. The summed E-state index contributed by atoms with van der Waals surface area (Å²) in [5, 5.41) is 12.1. The van der Waals surface area contributed by atoms with Crippen LogP contribution in [-0.2, 0) is 0 Å². The van der Waals surface area contributed by atoms with Gasteiger partial charge in [0.05, 0.1) is 0 Å². The van der Waals surface area contributed by atoms with E-state index in [-0.39, 0.29) is 11.7 Å². The van der Waals surface area contributed by atoms with Crippen LogP contribution in [0.1, 0.15) is 10.6 Å². The summed E-state index contributed by atoms with van der Waals surface area (Å²) in [5.74, 6) is -0.847. The molecule has 6 nitrogen and oxygen atoms in total. The number of hydrogen-bond donors (Lipinski definition) is 2. The summed E-state index contributed by atoms with van der Waals surface area (Å²) in [7, 11) is 0. The van der Waals surface area contributed by atoms with Gasteiger partial charge in [-0.15, -0.1) is 0 Å². The number of nitrogens with zero attached hydrogens (tertiary/aromatic N) is 1. The Labute approximate surface area is 91.5 Å². The molecule has 0 aliphatic carbocycles. The summed E-state index contributed by atoms with van der Waals surface area (Å²) < 4.78 is 4.89. The van der Waals surface area contributed by atoms with Crippen LogP contribution >= 0.6 is 0 Å². The average Bonchev–Trinajstić information content (AvgIpc) is 2.33. The van der Waals surface area contributed by atoms with E-state index >= 15 is 0 Å². The molecule has 1 aromatic rings. The van der Waals surface area contributed by atoms with Crippen molar-refractivity contribution < 1.29 is 14.3 Å². The third kappa shape index (κ3) is 2.06. The molecule has 0 atom stereocenters. The third-order valence-electron chi connectivity index (χ3n) is 2.43. The molecule has 0 unspecified atom stereocenters. The van der Waals surface area contributed by atoms with E-state index in [1.165, 1.54) is 0 Å². The van der Waals surface area contributed by atoms with Gasteiger partial charge < -0.3 is 19.7 Å². The van der Waals surface area contributed by atoms with Gasteiger partial charge in [0.15, 0.2) is 11.5 Å². The fourth-order valence-electron chi connectivity index (χ4n) is 1.54. The quantitative estimate of drug-likeness (QED) is 0.665. The van der Waals surface area contributed by atoms with E-state index in [0.29, 0.717) is 13.1 Å². The Balaban J connectivity index is 2.19. The lowest BCUT2D eigenvalue weighted by Crippen LogP contribution is -2.46. The van der Waals surface area contributed by atoms with Crippen molar-refractivity contribution in [2.24, 2.45) is 0 Å². The summed E-state index contributed by atoms with van der Waals surface area (Å²) in [5.41, 5.74) is -0.607. The van der Waals surface area contributed by atoms with Crippen LogP contribution in [0.4, 0.5) is 0 Å². The van der Waals surface area contributed by atoms with Crippen LogP contribution in [0.15, 0.2) is 21.5 Å². The Morgan fingerprint density at radius 3 is 2.75 bits per heavy atom. The molecule has 0 radical (unpaired) electrons. The molecule has 0 spiro atoms. The third-order valence-corrected chi connectivity index (χ3v) is 2.43. The van der Waals surface area contributed by atoms with Crippen molar-refractivity contribution in [2.45, 2.75) is 0 Å². The molecule has 0 saturated carbocycles. The molecule has 1 fully saturated rings. The van der Waals surface area contributed by atoms with Crippen molar-refractivity contribution in [1.29, 1.82) is 0 Å². The molecule has 1 amide bonds. The Morgan fingerprint density at radius 1 is 1.44 bits per heavy atom. The van der Waals surface area contributed by atoms with Gasteiger partial charge >= 0.3 is 0 Å². The topological polar surface area (TPSA) is 82.8 Å². The molecule has 86 valence electrons. The molecule has 1 saturated heterocycles. The molecule has 1 aliphatic heterocycles. The SMILES string of the molecule is O=C(c1cc(=O)c(O)co1)N1CCNCC1. The molecule has 0 bridgehead atoms. The highest BCUT2D eigenvalue weighted by Crippen LogP contribution is 2.07. The number of nitrogens with one attached hydrogen (secondary N) is 1. The molecule has 2 heterocycles. The predicted molar refractivity (Wildman–Crippen MR) is 55.4 cm³/mol. The van der Waals surface area contributed by atoms with Gasteiger partial charge in [-0.3, -0.25) is 9.59 Å². The maximum Gasteiger partial charge on any atom is 0.289 e.